The minimum absolute atomic E-state index is 0.0786. The first kappa shape index (κ1) is 20.7. The molecule has 7 nitrogen and oxygen atoms in total. The van der Waals surface area contributed by atoms with E-state index in [-0.39, 0.29) is 29.1 Å². The maximum Gasteiger partial charge on any atom is 0.246 e. The van der Waals surface area contributed by atoms with E-state index in [1.165, 1.54) is 17.5 Å². The van der Waals surface area contributed by atoms with E-state index < -0.39 is 10.0 Å². The van der Waals surface area contributed by atoms with E-state index in [2.05, 4.69) is 5.32 Å². The third-order valence-corrected chi connectivity index (χ3v) is 7.53. The molecule has 1 fully saturated rings. The molecule has 2 heterocycles. The van der Waals surface area contributed by atoms with Gasteiger partial charge in [-0.3, -0.25) is 4.79 Å². The van der Waals surface area contributed by atoms with Crippen LogP contribution in [0.3, 0.4) is 0 Å². The number of methoxy groups -OCH3 is 1. The molecule has 0 radical (unpaired) electrons. The van der Waals surface area contributed by atoms with Gasteiger partial charge in [0.25, 0.3) is 0 Å². The van der Waals surface area contributed by atoms with E-state index in [0.717, 1.165) is 30.6 Å². The van der Waals surface area contributed by atoms with Gasteiger partial charge in [0.15, 0.2) is 0 Å². The van der Waals surface area contributed by atoms with Crippen LogP contribution in [0.25, 0.3) is 0 Å². The number of amides is 1. The van der Waals surface area contributed by atoms with Gasteiger partial charge < -0.3 is 14.8 Å². The molecule has 0 saturated carbocycles. The van der Waals surface area contributed by atoms with Crippen molar-refractivity contribution in [1.29, 1.82) is 0 Å². The smallest absolute Gasteiger partial charge is 0.246 e. The summed E-state index contributed by atoms with van der Waals surface area (Å²) in [5.74, 6) is 0.537. The molecule has 30 heavy (non-hydrogen) atoms. The highest BCUT2D eigenvalue weighted by Crippen LogP contribution is 2.32. The van der Waals surface area contributed by atoms with E-state index >= 15 is 0 Å². The Labute approximate surface area is 177 Å². The molecule has 2 aromatic carbocycles. The van der Waals surface area contributed by atoms with Crippen LogP contribution in [0.1, 0.15) is 24.8 Å². The first-order valence-corrected chi connectivity index (χ1v) is 11.6. The highest BCUT2D eigenvalue weighted by Gasteiger charge is 2.30. The van der Waals surface area contributed by atoms with E-state index in [4.69, 9.17) is 9.47 Å². The molecule has 1 amide bonds. The van der Waals surface area contributed by atoms with Gasteiger partial charge in [0, 0.05) is 18.8 Å². The normalized spacial score (nSPS) is 19.4. The fourth-order valence-corrected chi connectivity index (χ4v) is 5.64. The summed E-state index contributed by atoms with van der Waals surface area (Å²) in [6, 6.07) is 12.4. The summed E-state index contributed by atoms with van der Waals surface area (Å²) in [4.78, 5) is 12.9. The minimum atomic E-state index is -3.70. The van der Waals surface area contributed by atoms with Gasteiger partial charge >= 0.3 is 0 Å². The number of piperidine rings is 1. The Hall–Kier alpha value is -2.58. The Kier molecular flexibility index (Phi) is 5.97. The van der Waals surface area contributed by atoms with Crippen molar-refractivity contribution in [2.24, 2.45) is 5.92 Å². The van der Waals surface area contributed by atoms with Gasteiger partial charge in [-0.05, 0) is 49.1 Å². The fraction of sp³-hybridized carbons (Fsp3) is 0.409. The molecule has 1 unspecified atom stereocenters. The van der Waals surface area contributed by atoms with Crippen LogP contribution < -0.4 is 14.8 Å². The topological polar surface area (TPSA) is 84.9 Å². The average Bonchev–Trinajstić information content (AvgIpc) is 2.79. The quantitative estimate of drug-likeness (QED) is 0.788. The van der Waals surface area contributed by atoms with Gasteiger partial charge in [0.2, 0.25) is 15.9 Å². The van der Waals surface area contributed by atoms with Crippen molar-refractivity contribution >= 4 is 21.6 Å². The minimum Gasteiger partial charge on any atom is -0.495 e. The van der Waals surface area contributed by atoms with Crippen molar-refractivity contribution in [2.45, 2.75) is 30.6 Å². The van der Waals surface area contributed by atoms with Crippen molar-refractivity contribution in [3.8, 4) is 11.5 Å². The number of carbonyl (C=O) groups is 1. The largest absolute Gasteiger partial charge is 0.495 e. The zero-order valence-electron chi connectivity index (χ0n) is 17.0. The molecule has 1 saturated heterocycles. The lowest BCUT2D eigenvalue weighted by Gasteiger charge is -2.27. The lowest BCUT2D eigenvalue weighted by atomic mass is 9.96. The first-order valence-electron chi connectivity index (χ1n) is 10.2. The van der Waals surface area contributed by atoms with Crippen molar-refractivity contribution in [1.82, 2.24) is 4.31 Å². The molecule has 0 aromatic heterocycles. The molecule has 2 aliphatic rings. The molecule has 1 N–H and O–H groups in total. The number of hydrogen-bond donors (Lipinski definition) is 1. The van der Waals surface area contributed by atoms with Crippen LogP contribution in [-0.2, 0) is 21.2 Å². The van der Waals surface area contributed by atoms with E-state index in [0.29, 0.717) is 25.2 Å². The number of fused-ring (bicyclic) bond motifs is 1. The Balaban J connectivity index is 1.54. The zero-order chi connectivity index (χ0) is 21.1. The SMILES string of the molecule is COc1ccc(NC(=O)C2COc3ccccc3C2)cc1S(=O)(=O)N1CCCCC1. The Morgan fingerprint density at radius 1 is 1.13 bits per heavy atom. The highest BCUT2D eigenvalue weighted by molar-refractivity contribution is 7.89. The molecule has 0 bridgehead atoms. The van der Waals surface area contributed by atoms with Gasteiger partial charge in [-0.1, -0.05) is 24.6 Å². The maximum atomic E-state index is 13.2. The number of nitrogens with one attached hydrogen (secondary N) is 1. The zero-order valence-corrected chi connectivity index (χ0v) is 17.8. The third kappa shape index (κ3) is 4.15. The van der Waals surface area contributed by atoms with Crippen LogP contribution in [0.15, 0.2) is 47.4 Å². The van der Waals surface area contributed by atoms with Gasteiger partial charge in [0.1, 0.15) is 23.0 Å². The van der Waals surface area contributed by atoms with Crippen molar-refractivity contribution < 1.29 is 22.7 Å². The van der Waals surface area contributed by atoms with Crippen molar-refractivity contribution in [3.05, 3.63) is 48.0 Å². The molecule has 8 heteroatoms. The number of carbonyl (C=O) groups excluding carboxylic acids is 1. The van der Waals surface area contributed by atoms with Crippen LogP contribution >= 0.6 is 0 Å². The molecule has 1 atom stereocenters. The molecule has 2 aromatic rings. The molecule has 0 aliphatic carbocycles. The monoisotopic (exact) mass is 430 g/mol. The number of nitrogens with zero attached hydrogens (tertiary/aromatic N) is 1. The van der Waals surface area contributed by atoms with Gasteiger partial charge in [0.05, 0.1) is 13.0 Å². The van der Waals surface area contributed by atoms with Crippen LogP contribution in [0.4, 0.5) is 5.69 Å². The number of benzene rings is 2. The van der Waals surface area contributed by atoms with Crippen LogP contribution in [-0.4, -0.2) is 45.4 Å². The Morgan fingerprint density at radius 2 is 1.90 bits per heavy atom. The van der Waals surface area contributed by atoms with Crippen LogP contribution in [0.2, 0.25) is 0 Å². The number of anilines is 1. The summed E-state index contributed by atoms with van der Waals surface area (Å²) in [5, 5.41) is 2.85. The predicted octanol–water partition coefficient (Wildman–Crippen LogP) is 3.06. The average molecular weight is 431 g/mol. The molecule has 160 valence electrons. The van der Waals surface area contributed by atoms with Crippen molar-refractivity contribution in [2.75, 3.05) is 32.1 Å². The van der Waals surface area contributed by atoms with Gasteiger partial charge in [-0.15, -0.1) is 0 Å². The summed E-state index contributed by atoms with van der Waals surface area (Å²) in [6.07, 6.45) is 3.31. The Morgan fingerprint density at radius 3 is 2.67 bits per heavy atom. The van der Waals surface area contributed by atoms with Crippen molar-refractivity contribution in [3.63, 3.8) is 0 Å². The second-order valence-electron chi connectivity index (χ2n) is 7.64. The summed E-state index contributed by atoms with van der Waals surface area (Å²) in [6.45, 7) is 1.29. The highest BCUT2D eigenvalue weighted by atomic mass is 32.2. The lowest BCUT2D eigenvalue weighted by Crippen LogP contribution is -2.36. The fourth-order valence-electron chi connectivity index (χ4n) is 3.94. The summed E-state index contributed by atoms with van der Waals surface area (Å²) in [7, 11) is -2.25. The number of rotatable bonds is 5. The molecular weight excluding hydrogens is 404 g/mol. The molecule has 4 rings (SSSR count). The standard InChI is InChI=1S/C22H26N2O5S/c1-28-20-10-9-18(14-21(20)30(26,27)24-11-5-2-6-12-24)23-22(25)17-13-16-7-3-4-8-19(16)29-15-17/h3-4,7-10,14,17H,2,5-6,11-13,15H2,1H3,(H,23,25). The number of hydrogen-bond acceptors (Lipinski definition) is 5. The summed E-state index contributed by atoms with van der Waals surface area (Å²) >= 11 is 0. The molecular formula is C22H26N2O5S. The number of sulfonamides is 1. The maximum absolute atomic E-state index is 13.2. The summed E-state index contributed by atoms with van der Waals surface area (Å²) in [5.41, 5.74) is 1.42. The lowest BCUT2D eigenvalue weighted by molar-refractivity contribution is -0.121. The van der Waals surface area contributed by atoms with E-state index in [9.17, 15) is 13.2 Å². The van der Waals surface area contributed by atoms with Gasteiger partial charge in [-0.2, -0.15) is 4.31 Å². The Bertz CT molecular complexity index is 1030. The van der Waals surface area contributed by atoms with Crippen LogP contribution in [0, 0.1) is 5.92 Å². The number of ether oxygens (including phenoxy) is 2. The summed E-state index contributed by atoms with van der Waals surface area (Å²) < 4.78 is 38.8. The molecule has 0 spiro atoms. The second-order valence-corrected chi connectivity index (χ2v) is 9.55. The predicted molar refractivity (Wildman–Crippen MR) is 113 cm³/mol. The van der Waals surface area contributed by atoms with E-state index in [1.807, 2.05) is 24.3 Å². The van der Waals surface area contributed by atoms with E-state index in [1.54, 1.807) is 12.1 Å². The number of para-hydroxylation sites is 1. The molecule has 2 aliphatic heterocycles. The van der Waals surface area contributed by atoms with Crippen LogP contribution in [0.5, 0.6) is 11.5 Å². The first-order chi connectivity index (χ1) is 14.5. The third-order valence-electron chi connectivity index (χ3n) is 5.61. The van der Waals surface area contributed by atoms with Gasteiger partial charge in [-0.25, -0.2) is 8.42 Å². The second kappa shape index (κ2) is 8.65.